The number of halogens is 1. The molecule has 0 radical (unpaired) electrons. The first-order chi connectivity index (χ1) is 11.9. The summed E-state index contributed by atoms with van der Waals surface area (Å²) in [6.07, 6.45) is 0.336. The maximum atomic E-state index is 13.0. The quantitative estimate of drug-likeness (QED) is 0.730. The fraction of sp³-hybridized carbons (Fsp3) is 0.176. The first kappa shape index (κ1) is 17.2. The molecule has 0 aliphatic rings. The van der Waals surface area contributed by atoms with Crippen LogP contribution in [0.5, 0.6) is 0 Å². The summed E-state index contributed by atoms with van der Waals surface area (Å²) < 4.78 is 46.2. The van der Waals surface area contributed by atoms with Gasteiger partial charge in [0.15, 0.2) is 0 Å². The van der Waals surface area contributed by atoms with Gasteiger partial charge in [-0.1, -0.05) is 30.3 Å². The molecule has 1 unspecified atom stereocenters. The third-order valence-corrected chi connectivity index (χ3v) is 5.03. The zero-order valence-corrected chi connectivity index (χ0v) is 14.2. The molecular formula is C17H16FN3O3S. The summed E-state index contributed by atoms with van der Waals surface area (Å²) in [5.74, 6) is 0.00777. The minimum absolute atomic E-state index is 0.0387. The van der Waals surface area contributed by atoms with E-state index in [1.165, 1.54) is 12.1 Å². The Kier molecular flexibility index (Phi) is 4.91. The molecule has 25 heavy (non-hydrogen) atoms. The van der Waals surface area contributed by atoms with Crippen LogP contribution < -0.4 is 4.72 Å². The van der Waals surface area contributed by atoms with Crippen LogP contribution in [0.4, 0.5) is 4.39 Å². The summed E-state index contributed by atoms with van der Waals surface area (Å²) in [5, 5.41) is 7.69. The minimum atomic E-state index is -3.88. The van der Waals surface area contributed by atoms with Crippen molar-refractivity contribution in [3.05, 3.63) is 77.8 Å². The number of rotatable bonds is 6. The van der Waals surface area contributed by atoms with Crippen LogP contribution in [0.3, 0.4) is 0 Å². The molecule has 0 fully saturated rings. The zero-order valence-electron chi connectivity index (χ0n) is 13.4. The largest absolute Gasteiger partial charge is 0.424 e. The van der Waals surface area contributed by atoms with Crippen LogP contribution in [0.2, 0.25) is 0 Å². The summed E-state index contributed by atoms with van der Waals surface area (Å²) in [7, 11) is -3.88. The van der Waals surface area contributed by atoms with Crippen molar-refractivity contribution >= 4 is 10.0 Å². The molecule has 0 aliphatic heterocycles. The SMILES string of the molecule is Cc1nnc(C(Cc2ccccc2)NS(=O)(=O)c2ccc(F)cc2)o1. The highest BCUT2D eigenvalue weighted by Crippen LogP contribution is 2.21. The molecule has 1 aromatic heterocycles. The van der Waals surface area contributed by atoms with Crippen LogP contribution in [0.1, 0.15) is 23.4 Å². The predicted octanol–water partition coefficient (Wildman–Crippen LogP) is 2.78. The molecule has 6 nitrogen and oxygen atoms in total. The van der Waals surface area contributed by atoms with Gasteiger partial charge in [-0.2, -0.15) is 4.72 Å². The van der Waals surface area contributed by atoms with Gasteiger partial charge in [0.05, 0.1) is 4.90 Å². The van der Waals surface area contributed by atoms with Gasteiger partial charge in [0, 0.05) is 6.92 Å². The second-order valence-corrected chi connectivity index (χ2v) is 7.19. The molecule has 8 heteroatoms. The summed E-state index contributed by atoms with van der Waals surface area (Å²) >= 11 is 0. The van der Waals surface area contributed by atoms with E-state index in [1.54, 1.807) is 6.92 Å². The smallest absolute Gasteiger partial charge is 0.241 e. The minimum Gasteiger partial charge on any atom is -0.424 e. The van der Waals surface area contributed by atoms with Crippen molar-refractivity contribution in [1.29, 1.82) is 0 Å². The second-order valence-electron chi connectivity index (χ2n) is 5.48. The van der Waals surface area contributed by atoms with Gasteiger partial charge in [0.2, 0.25) is 21.8 Å². The lowest BCUT2D eigenvalue weighted by Crippen LogP contribution is -2.30. The number of hydrogen-bond acceptors (Lipinski definition) is 5. The Morgan fingerprint density at radius 2 is 1.76 bits per heavy atom. The number of nitrogens with zero attached hydrogens (tertiary/aromatic N) is 2. The fourth-order valence-corrected chi connectivity index (χ4v) is 3.54. The maximum absolute atomic E-state index is 13.0. The lowest BCUT2D eigenvalue weighted by molar-refractivity contribution is 0.411. The number of hydrogen-bond donors (Lipinski definition) is 1. The molecule has 130 valence electrons. The van der Waals surface area contributed by atoms with E-state index < -0.39 is 21.9 Å². The summed E-state index contributed by atoms with van der Waals surface area (Å²) in [5.41, 5.74) is 0.908. The van der Waals surface area contributed by atoms with Crippen LogP contribution in [-0.4, -0.2) is 18.6 Å². The molecule has 3 rings (SSSR count). The number of benzene rings is 2. The van der Waals surface area contributed by atoms with E-state index in [9.17, 15) is 12.8 Å². The monoisotopic (exact) mass is 361 g/mol. The Morgan fingerprint density at radius 1 is 1.08 bits per heavy atom. The van der Waals surface area contributed by atoms with Crippen molar-refractivity contribution in [2.75, 3.05) is 0 Å². The Hall–Kier alpha value is -2.58. The molecule has 0 aliphatic carbocycles. The highest BCUT2D eigenvalue weighted by atomic mass is 32.2. The van der Waals surface area contributed by atoms with Crippen molar-refractivity contribution < 1.29 is 17.2 Å². The Balaban J connectivity index is 1.90. The van der Waals surface area contributed by atoms with E-state index in [2.05, 4.69) is 14.9 Å². The van der Waals surface area contributed by atoms with E-state index in [-0.39, 0.29) is 10.8 Å². The van der Waals surface area contributed by atoms with E-state index >= 15 is 0 Å². The van der Waals surface area contributed by atoms with Crippen molar-refractivity contribution in [1.82, 2.24) is 14.9 Å². The van der Waals surface area contributed by atoms with Crippen LogP contribution in [0, 0.1) is 12.7 Å². The normalized spacial score (nSPS) is 12.9. The van der Waals surface area contributed by atoms with Gasteiger partial charge < -0.3 is 4.42 Å². The number of aromatic nitrogens is 2. The standard InChI is InChI=1S/C17H16FN3O3S/c1-12-19-20-17(24-12)16(11-13-5-3-2-4-6-13)21-25(22,23)15-9-7-14(18)8-10-15/h2-10,16,21H,11H2,1H3. The molecule has 1 heterocycles. The lowest BCUT2D eigenvalue weighted by Gasteiger charge is -2.15. The second kappa shape index (κ2) is 7.12. The van der Waals surface area contributed by atoms with Crippen LogP contribution in [-0.2, 0) is 16.4 Å². The van der Waals surface area contributed by atoms with E-state index in [1.807, 2.05) is 30.3 Å². The van der Waals surface area contributed by atoms with Crippen molar-refractivity contribution in [3.8, 4) is 0 Å². The fourth-order valence-electron chi connectivity index (χ4n) is 2.35. The first-order valence-electron chi connectivity index (χ1n) is 7.56. The van der Waals surface area contributed by atoms with E-state index in [4.69, 9.17) is 4.42 Å². The van der Waals surface area contributed by atoms with Gasteiger partial charge in [0.1, 0.15) is 11.9 Å². The zero-order chi connectivity index (χ0) is 17.9. The molecule has 1 atom stereocenters. The van der Waals surface area contributed by atoms with Crippen molar-refractivity contribution in [3.63, 3.8) is 0 Å². The molecule has 0 bridgehead atoms. The first-order valence-corrected chi connectivity index (χ1v) is 9.04. The molecular weight excluding hydrogens is 345 g/mol. The molecule has 2 aromatic carbocycles. The van der Waals surface area contributed by atoms with Gasteiger partial charge in [-0.15, -0.1) is 10.2 Å². The third-order valence-electron chi connectivity index (χ3n) is 3.54. The van der Waals surface area contributed by atoms with Crippen LogP contribution in [0.25, 0.3) is 0 Å². The topological polar surface area (TPSA) is 85.1 Å². The van der Waals surface area contributed by atoms with Crippen molar-refractivity contribution in [2.45, 2.75) is 24.3 Å². The van der Waals surface area contributed by atoms with Crippen LogP contribution >= 0.6 is 0 Å². The van der Waals surface area contributed by atoms with Crippen molar-refractivity contribution in [2.24, 2.45) is 0 Å². The van der Waals surface area contributed by atoms with Gasteiger partial charge in [-0.05, 0) is 36.2 Å². The molecule has 1 N–H and O–H groups in total. The molecule has 3 aromatic rings. The highest BCUT2D eigenvalue weighted by molar-refractivity contribution is 7.89. The lowest BCUT2D eigenvalue weighted by atomic mass is 10.1. The predicted molar refractivity (Wildman–Crippen MR) is 88.6 cm³/mol. The van der Waals surface area contributed by atoms with E-state index in [0.29, 0.717) is 12.3 Å². The molecule has 0 spiro atoms. The van der Waals surface area contributed by atoms with Gasteiger partial charge in [0.25, 0.3) is 0 Å². The average molecular weight is 361 g/mol. The number of aryl methyl sites for hydroxylation is 1. The number of sulfonamides is 1. The van der Waals surface area contributed by atoms with E-state index in [0.717, 1.165) is 17.7 Å². The molecule has 0 saturated heterocycles. The van der Waals surface area contributed by atoms with Crippen LogP contribution in [0.15, 0.2) is 63.9 Å². The summed E-state index contributed by atoms with van der Waals surface area (Å²) in [6.45, 7) is 1.63. The summed E-state index contributed by atoms with van der Waals surface area (Å²) in [4.78, 5) is -0.0387. The molecule has 0 amide bonds. The molecule has 0 saturated carbocycles. The van der Waals surface area contributed by atoms with Gasteiger partial charge in [-0.3, -0.25) is 0 Å². The maximum Gasteiger partial charge on any atom is 0.241 e. The highest BCUT2D eigenvalue weighted by Gasteiger charge is 2.25. The third kappa shape index (κ3) is 4.28. The Labute approximate surface area is 144 Å². The van der Waals surface area contributed by atoms with Gasteiger partial charge >= 0.3 is 0 Å². The summed E-state index contributed by atoms with van der Waals surface area (Å²) in [6, 6.07) is 13.2. The van der Waals surface area contributed by atoms with Gasteiger partial charge in [-0.25, -0.2) is 12.8 Å². The number of nitrogens with one attached hydrogen (secondary N) is 1. The Bertz CT molecular complexity index is 941. The Morgan fingerprint density at radius 3 is 2.36 bits per heavy atom. The average Bonchev–Trinajstić information content (AvgIpc) is 3.02.